The highest BCUT2D eigenvalue weighted by Gasteiger charge is 2.23. The Balaban J connectivity index is 1.07. The average molecular weight is 485 g/mol. The molecule has 3 aromatic heterocycles. The number of aryl methyl sites for hydroxylation is 3. The number of piperazine rings is 1. The molecule has 0 saturated carbocycles. The lowest BCUT2D eigenvalue weighted by Crippen LogP contribution is -2.48. The summed E-state index contributed by atoms with van der Waals surface area (Å²) in [6.45, 7) is 10.5. The van der Waals surface area contributed by atoms with Crippen molar-refractivity contribution in [2.24, 2.45) is 0 Å². The molecule has 4 aromatic rings. The molecule has 0 bridgehead atoms. The van der Waals surface area contributed by atoms with Crippen molar-refractivity contribution in [2.45, 2.75) is 33.4 Å². The fourth-order valence-electron chi connectivity index (χ4n) is 4.20. The number of hydrogen-bond acceptors (Lipinski definition) is 11. The third-order valence-corrected chi connectivity index (χ3v) is 6.88. The van der Waals surface area contributed by atoms with Crippen molar-refractivity contribution < 1.29 is 18.9 Å². The van der Waals surface area contributed by atoms with Gasteiger partial charge in [-0.15, -0.1) is 11.3 Å². The Labute approximate surface area is 201 Å². The number of ether oxygens (including phenoxy) is 1. The molecule has 1 aliphatic heterocycles. The van der Waals surface area contributed by atoms with Crippen LogP contribution in [0.5, 0.6) is 5.75 Å². The minimum atomic E-state index is -0.562. The van der Waals surface area contributed by atoms with E-state index in [0.29, 0.717) is 30.6 Å². The van der Waals surface area contributed by atoms with Crippen LogP contribution in [0.15, 0.2) is 27.2 Å². The van der Waals surface area contributed by atoms with Crippen molar-refractivity contribution in [3.8, 4) is 17.1 Å². The maximum absolute atomic E-state index is 10.5. The van der Waals surface area contributed by atoms with Gasteiger partial charge in [0.1, 0.15) is 24.2 Å². The normalized spacial score (nSPS) is 16.4. The monoisotopic (exact) mass is 484 g/mol. The van der Waals surface area contributed by atoms with Gasteiger partial charge in [-0.25, -0.2) is 4.98 Å². The van der Waals surface area contributed by atoms with Crippen LogP contribution < -0.4 is 4.74 Å². The maximum atomic E-state index is 10.5. The Morgan fingerprint density at radius 1 is 1.06 bits per heavy atom. The van der Waals surface area contributed by atoms with Crippen molar-refractivity contribution in [3.63, 3.8) is 0 Å². The van der Waals surface area contributed by atoms with E-state index < -0.39 is 6.10 Å². The van der Waals surface area contributed by atoms with Crippen LogP contribution in [-0.2, 0) is 6.54 Å². The van der Waals surface area contributed by atoms with Crippen LogP contribution in [0.2, 0.25) is 0 Å². The van der Waals surface area contributed by atoms with E-state index in [-0.39, 0.29) is 6.61 Å². The number of rotatable bonds is 8. The summed E-state index contributed by atoms with van der Waals surface area (Å²) in [4.78, 5) is 13.5. The van der Waals surface area contributed by atoms with Gasteiger partial charge in [0.25, 0.3) is 0 Å². The fraction of sp³-hybridized carbons (Fsp3) is 0.478. The highest BCUT2D eigenvalue weighted by atomic mass is 32.1. The van der Waals surface area contributed by atoms with Crippen LogP contribution in [0.1, 0.15) is 22.4 Å². The zero-order valence-corrected chi connectivity index (χ0v) is 20.3. The molecule has 0 amide bonds. The third-order valence-electron chi connectivity index (χ3n) is 5.93. The van der Waals surface area contributed by atoms with Gasteiger partial charge in [-0.1, -0.05) is 10.3 Å². The summed E-state index contributed by atoms with van der Waals surface area (Å²) in [5, 5.41) is 19.6. The summed E-state index contributed by atoms with van der Waals surface area (Å²) in [6, 6.07) is 5.88. The van der Waals surface area contributed by atoms with Crippen LogP contribution in [0, 0.1) is 20.8 Å². The molecule has 1 N–H and O–H groups in total. The van der Waals surface area contributed by atoms with E-state index >= 15 is 0 Å². The van der Waals surface area contributed by atoms with E-state index in [4.69, 9.17) is 13.8 Å². The van der Waals surface area contributed by atoms with Crippen molar-refractivity contribution in [2.75, 3.05) is 39.3 Å². The Morgan fingerprint density at radius 3 is 2.62 bits per heavy atom. The Kier molecular flexibility index (Phi) is 6.59. The van der Waals surface area contributed by atoms with E-state index in [1.807, 2.05) is 39.0 Å². The van der Waals surface area contributed by atoms with Gasteiger partial charge in [-0.05, 0) is 32.9 Å². The highest BCUT2D eigenvalue weighted by Crippen LogP contribution is 2.26. The molecule has 1 saturated heterocycles. The fourth-order valence-corrected chi connectivity index (χ4v) is 5.01. The standard InChI is InChI=1S/C23H28N6O4S/c1-14-22(15(2)32-26-14)23-25-21(33-27-23)12-29-8-6-28(7-9-29)11-17(30)13-31-18-4-5-20-19(10-18)24-16(3)34-20/h4-5,10,17,30H,6-9,11-13H2,1-3H3. The number of nitrogens with zero attached hydrogens (tertiary/aromatic N) is 6. The Morgan fingerprint density at radius 2 is 1.85 bits per heavy atom. The highest BCUT2D eigenvalue weighted by molar-refractivity contribution is 7.18. The predicted molar refractivity (Wildman–Crippen MR) is 127 cm³/mol. The van der Waals surface area contributed by atoms with Gasteiger partial charge in [0.15, 0.2) is 0 Å². The molecule has 1 aromatic carbocycles. The molecule has 0 spiro atoms. The number of aliphatic hydroxyl groups excluding tert-OH is 1. The van der Waals surface area contributed by atoms with E-state index in [9.17, 15) is 5.11 Å². The SMILES string of the molecule is Cc1nc2cc(OCC(O)CN3CCN(Cc4nc(-c5c(C)noc5C)no4)CC3)ccc2s1. The van der Waals surface area contributed by atoms with Gasteiger partial charge in [0.2, 0.25) is 11.7 Å². The lowest BCUT2D eigenvalue weighted by atomic mass is 10.2. The van der Waals surface area contributed by atoms with Crippen molar-refractivity contribution >= 4 is 21.6 Å². The van der Waals surface area contributed by atoms with E-state index in [2.05, 4.69) is 30.1 Å². The molecule has 0 radical (unpaired) electrons. The van der Waals surface area contributed by atoms with Crippen molar-refractivity contribution in [1.82, 2.24) is 30.1 Å². The molecular weight excluding hydrogens is 456 g/mol. The van der Waals surface area contributed by atoms with Gasteiger partial charge in [0, 0.05) is 38.8 Å². The molecule has 5 rings (SSSR count). The Hall–Kier alpha value is -2.86. The summed E-state index contributed by atoms with van der Waals surface area (Å²) in [7, 11) is 0. The second-order valence-corrected chi connectivity index (χ2v) is 9.85. The molecule has 1 aliphatic rings. The van der Waals surface area contributed by atoms with Gasteiger partial charge < -0.3 is 18.9 Å². The van der Waals surface area contributed by atoms with Gasteiger partial charge in [-0.2, -0.15) is 4.98 Å². The van der Waals surface area contributed by atoms with Crippen LogP contribution in [-0.4, -0.2) is 80.6 Å². The molecule has 1 fully saturated rings. The minimum absolute atomic E-state index is 0.251. The van der Waals surface area contributed by atoms with Gasteiger partial charge in [-0.3, -0.25) is 9.80 Å². The first-order chi connectivity index (χ1) is 16.4. The molecular formula is C23H28N6O4S. The molecule has 10 nitrogen and oxygen atoms in total. The maximum Gasteiger partial charge on any atom is 0.241 e. The van der Waals surface area contributed by atoms with Crippen LogP contribution in [0.3, 0.4) is 0 Å². The average Bonchev–Trinajstić information content (AvgIpc) is 3.51. The quantitative estimate of drug-likeness (QED) is 0.400. The smallest absolute Gasteiger partial charge is 0.241 e. The molecule has 4 heterocycles. The lowest BCUT2D eigenvalue weighted by molar-refractivity contribution is 0.0426. The first-order valence-electron chi connectivity index (χ1n) is 11.3. The van der Waals surface area contributed by atoms with Crippen LogP contribution >= 0.6 is 11.3 Å². The number of thiazole rings is 1. The van der Waals surface area contributed by atoms with Crippen LogP contribution in [0.25, 0.3) is 21.6 Å². The zero-order valence-electron chi connectivity index (χ0n) is 19.5. The summed E-state index contributed by atoms with van der Waals surface area (Å²) in [5.41, 5.74) is 2.48. The largest absolute Gasteiger partial charge is 0.491 e. The van der Waals surface area contributed by atoms with E-state index in [0.717, 1.165) is 58.4 Å². The number of β-amino-alcohol motifs (C(OH)–C–C–N with tert-alkyl or cyclic N) is 1. The predicted octanol–water partition coefficient (Wildman–Crippen LogP) is 2.82. The molecule has 11 heteroatoms. The topological polar surface area (TPSA) is 114 Å². The molecule has 180 valence electrons. The third kappa shape index (κ3) is 5.12. The van der Waals surface area contributed by atoms with Crippen molar-refractivity contribution in [3.05, 3.63) is 40.6 Å². The summed E-state index contributed by atoms with van der Waals surface area (Å²) >= 11 is 1.66. The van der Waals surface area contributed by atoms with Crippen LogP contribution in [0.4, 0.5) is 0 Å². The minimum Gasteiger partial charge on any atom is -0.491 e. The van der Waals surface area contributed by atoms with Gasteiger partial charge >= 0.3 is 0 Å². The summed E-state index contributed by atoms with van der Waals surface area (Å²) in [5.74, 6) is 2.50. The second kappa shape index (κ2) is 9.79. The number of aromatic nitrogens is 4. The Bertz CT molecular complexity index is 1240. The number of hydrogen-bond donors (Lipinski definition) is 1. The summed E-state index contributed by atoms with van der Waals surface area (Å²) < 4.78 is 17.6. The molecule has 1 atom stereocenters. The number of aliphatic hydroxyl groups is 1. The zero-order chi connectivity index (χ0) is 23.7. The van der Waals surface area contributed by atoms with Gasteiger partial charge in [0.05, 0.1) is 33.0 Å². The molecule has 34 heavy (non-hydrogen) atoms. The van der Waals surface area contributed by atoms with Crippen molar-refractivity contribution in [1.29, 1.82) is 0 Å². The number of fused-ring (bicyclic) bond motifs is 1. The second-order valence-electron chi connectivity index (χ2n) is 8.61. The molecule has 0 aliphatic carbocycles. The summed E-state index contributed by atoms with van der Waals surface area (Å²) in [6.07, 6.45) is -0.562. The molecule has 1 unspecified atom stereocenters. The first kappa shape index (κ1) is 22.9. The van der Waals surface area contributed by atoms with E-state index in [1.54, 1.807) is 11.3 Å². The number of benzene rings is 1. The van der Waals surface area contributed by atoms with E-state index in [1.165, 1.54) is 0 Å². The first-order valence-corrected chi connectivity index (χ1v) is 12.1. The lowest BCUT2D eigenvalue weighted by Gasteiger charge is -2.34.